The number of nitrogens with one attached hydrogen (secondary N) is 2. The SMILES string of the molecule is CS(=O)(=O)CCC(=O)Nc1cccc(-c2nc3ccccc3[nH]2)c1. The molecule has 0 aliphatic rings. The van der Waals surface area contributed by atoms with E-state index < -0.39 is 9.84 Å². The van der Waals surface area contributed by atoms with Gasteiger partial charge in [-0.15, -0.1) is 0 Å². The van der Waals surface area contributed by atoms with Crippen molar-refractivity contribution in [3.63, 3.8) is 0 Å². The van der Waals surface area contributed by atoms with Crippen LogP contribution in [0.25, 0.3) is 22.4 Å². The molecule has 1 heterocycles. The number of fused-ring (bicyclic) bond motifs is 1. The minimum Gasteiger partial charge on any atom is -0.338 e. The zero-order valence-electron chi connectivity index (χ0n) is 13.1. The number of H-pyrrole nitrogens is 1. The van der Waals surface area contributed by atoms with Gasteiger partial charge in [-0.2, -0.15) is 0 Å². The number of para-hydroxylation sites is 2. The molecule has 1 aromatic heterocycles. The third kappa shape index (κ3) is 3.99. The summed E-state index contributed by atoms with van der Waals surface area (Å²) in [6, 6.07) is 15.0. The number of carbonyl (C=O) groups is 1. The molecule has 2 N–H and O–H groups in total. The number of hydrogen-bond acceptors (Lipinski definition) is 4. The first kappa shape index (κ1) is 16.2. The number of amides is 1. The average molecular weight is 343 g/mol. The van der Waals surface area contributed by atoms with Crippen molar-refractivity contribution >= 4 is 32.5 Å². The number of nitrogens with zero attached hydrogens (tertiary/aromatic N) is 1. The van der Waals surface area contributed by atoms with Gasteiger partial charge in [0.1, 0.15) is 15.7 Å². The zero-order chi connectivity index (χ0) is 17.2. The Morgan fingerprint density at radius 3 is 2.71 bits per heavy atom. The molecule has 124 valence electrons. The lowest BCUT2D eigenvalue weighted by Gasteiger charge is -2.06. The highest BCUT2D eigenvalue weighted by Crippen LogP contribution is 2.23. The number of hydrogen-bond donors (Lipinski definition) is 2. The van der Waals surface area contributed by atoms with Gasteiger partial charge in [0.2, 0.25) is 5.91 Å². The van der Waals surface area contributed by atoms with Gasteiger partial charge in [0.05, 0.1) is 16.8 Å². The van der Waals surface area contributed by atoms with Crippen LogP contribution >= 0.6 is 0 Å². The average Bonchev–Trinajstić information content (AvgIpc) is 2.97. The van der Waals surface area contributed by atoms with Crippen molar-refractivity contribution in [3.8, 4) is 11.4 Å². The molecule has 0 bridgehead atoms. The topological polar surface area (TPSA) is 91.9 Å². The first-order valence-corrected chi connectivity index (χ1v) is 9.49. The maximum Gasteiger partial charge on any atom is 0.225 e. The number of anilines is 1. The number of sulfone groups is 1. The van der Waals surface area contributed by atoms with E-state index in [1.807, 2.05) is 36.4 Å². The van der Waals surface area contributed by atoms with Crippen molar-refractivity contribution in [1.82, 2.24) is 9.97 Å². The molecular weight excluding hydrogens is 326 g/mol. The van der Waals surface area contributed by atoms with Crippen LogP contribution in [-0.4, -0.2) is 36.3 Å². The number of aromatic nitrogens is 2. The van der Waals surface area contributed by atoms with Gasteiger partial charge >= 0.3 is 0 Å². The van der Waals surface area contributed by atoms with Gasteiger partial charge in [0.25, 0.3) is 0 Å². The number of benzene rings is 2. The van der Waals surface area contributed by atoms with E-state index >= 15 is 0 Å². The van der Waals surface area contributed by atoms with Crippen LogP contribution in [0.15, 0.2) is 48.5 Å². The van der Waals surface area contributed by atoms with Crippen LogP contribution in [0, 0.1) is 0 Å². The summed E-state index contributed by atoms with van der Waals surface area (Å²) in [6.45, 7) is 0. The Morgan fingerprint density at radius 2 is 1.96 bits per heavy atom. The molecule has 0 fully saturated rings. The second kappa shape index (κ2) is 6.45. The molecule has 0 atom stereocenters. The third-order valence-electron chi connectivity index (χ3n) is 3.51. The van der Waals surface area contributed by atoms with Gasteiger partial charge in [-0.25, -0.2) is 13.4 Å². The van der Waals surface area contributed by atoms with E-state index in [0.29, 0.717) is 11.5 Å². The van der Waals surface area contributed by atoms with E-state index in [2.05, 4.69) is 15.3 Å². The largest absolute Gasteiger partial charge is 0.338 e. The summed E-state index contributed by atoms with van der Waals surface area (Å²) < 4.78 is 22.2. The summed E-state index contributed by atoms with van der Waals surface area (Å²) in [7, 11) is -3.15. The van der Waals surface area contributed by atoms with Crippen molar-refractivity contribution in [1.29, 1.82) is 0 Å². The normalized spacial score (nSPS) is 11.5. The fourth-order valence-electron chi connectivity index (χ4n) is 2.34. The first-order chi connectivity index (χ1) is 11.4. The molecule has 7 heteroatoms. The van der Waals surface area contributed by atoms with Crippen LogP contribution in [0.2, 0.25) is 0 Å². The van der Waals surface area contributed by atoms with Crippen LogP contribution < -0.4 is 5.32 Å². The monoisotopic (exact) mass is 343 g/mol. The second-order valence-electron chi connectivity index (χ2n) is 5.61. The molecule has 2 aromatic carbocycles. The smallest absolute Gasteiger partial charge is 0.225 e. The van der Waals surface area contributed by atoms with E-state index in [1.54, 1.807) is 12.1 Å². The van der Waals surface area contributed by atoms with Gasteiger partial charge < -0.3 is 10.3 Å². The van der Waals surface area contributed by atoms with Gasteiger partial charge in [-0.05, 0) is 24.3 Å². The van der Waals surface area contributed by atoms with E-state index in [0.717, 1.165) is 22.9 Å². The van der Waals surface area contributed by atoms with E-state index in [9.17, 15) is 13.2 Å². The summed E-state index contributed by atoms with van der Waals surface area (Å²) in [5.41, 5.74) is 3.25. The van der Waals surface area contributed by atoms with Crippen molar-refractivity contribution in [2.75, 3.05) is 17.3 Å². The molecule has 0 spiro atoms. The Hall–Kier alpha value is -2.67. The number of imidazole rings is 1. The van der Waals surface area contributed by atoms with Crippen molar-refractivity contribution in [3.05, 3.63) is 48.5 Å². The Balaban J connectivity index is 1.77. The van der Waals surface area contributed by atoms with Gasteiger partial charge in [0.15, 0.2) is 0 Å². The molecule has 0 saturated heterocycles. The van der Waals surface area contributed by atoms with Crippen molar-refractivity contribution in [2.45, 2.75) is 6.42 Å². The first-order valence-electron chi connectivity index (χ1n) is 7.43. The molecule has 1 amide bonds. The molecule has 24 heavy (non-hydrogen) atoms. The van der Waals surface area contributed by atoms with E-state index in [1.165, 1.54) is 0 Å². The number of aromatic amines is 1. The summed E-state index contributed by atoms with van der Waals surface area (Å²) in [5, 5.41) is 2.71. The molecule has 3 aromatic rings. The predicted molar refractivity (Wildman–Crippen MR) is 94.5 cm³/mol. The second-order valence-corrected chi connectivity index (χ2v) is 7.87. The minimum atomic E-state index is -3.15. The van der Waals surface area contributed by atoms with Gasteiger partial charge in [-0.1, -0.05) is 24.3 Å². The van der Waals surface area contributed by atoms with Crippen molar-refractivity contribution in [2.24, 2.45) is 0 Å². The van der Waals surface area contributed by atoms with E-state index in [4.69, 9.17) is 0 Å². The predicted octanol–water partition coefficient (Wildman–Crippen LogP) is 2.60. The highest BCUT2D eigenvalue weighted by atomic mass is 32.2. The molecule has 0 aliphatic carbocycles. The maximum absolute atomic E-state index is 11.8. The highest BCUT2D eigenvalue weighted by Gasteiger charge is 2.10. The van der Waals surface area contributed by atoms with Gasteiger partial charge in [0, 0.05) is 23.9 Å². The highest BCUT2D eigenvalue weighted by molar-refractivity contribution is 7.90. The maximum atomic E-state index is 11.8. The Labute approximate surface area is 139 Å². The van der Waals surface area contributed by atoms with Crippen LogP contribution in [0.1, 0.15) is 6.42 Å². The van der Waals surface area contributed by atoms with Crippen LogP contribution in [0.5, 0.6) is 0 Å². The van der Waals surface area contributed by atoms with Crippen molar-refractivity contribution < 1.29 is 13.2 Å². The molecule has 0 radical (unpaired) electrons. The fourth-order valence-corrected chi connectivity index (χ4v) is 2.89. The minimum absolute atomic E-state index is 0.0618. The lowest BCUT2D eigenvalue weighted by molar-refractivity contribution is -0.115. The molecular formula is C17H17N3O3S. The summed E-state index contributed by atoms with van der Waals surface area (Å²) >= 11 is 0. The molecule has 0 unspecified atom stereocenters. The number of carbonyl (C=O) groups excluding carboxylic acids is 1. The zero-order valence-corrected chi connectivity index (χ0v) is 13.9. The molecule has 6 nitrogen and oxygen atoms in total. The standard InChI is InChI=1S/C17H17N3O3S/c1-24(22,23)10-9-16(21)18-13-6-4-5-12(11-13)17-19-14-7-2-3-8-15(14)20-17/h2-8,11H,9-10H2,1H3,(H,18,21)(H,19,20). The fraction of sp³-hybridized carbons (Fsp3) is 0.176. The molecule has 0 aliphatic heterocycles. The lowest BCUT2D eigenvalue weighted by Crippen LogP contribution is -2.16. The van der Waals surface area contributed by atoms with E-state index in [-0.39, 0.29) is 18.1 Å². The van der Waals surface area contributed by atoms with Gasteiger partial charge in [-0.3, -0.25) is 4.79 Å². The van der Waals surface area contributed by atoms with Crippen LogP contribution in [-0.2, 0) is 14.6 Å². The van der Waals surface area contributed by atoms with Crippen LogP contribution in [0.3, 0.4) is 0 Å². The third-order valence-corrected chi connectivity index (χ3v) is 4.45. The molecule has 3 rings (SSSR count). The van der Waals surface area contributed by atoms with Crippen LogP contribution in [0.4, 0.5) is 5.69 Å². The summed E-state index contributed by atoms with van der Waals surface area (Å²) in [4.78, 5) is 19.6. The lowest BCUT2D eigenvalue weighted by atomic mass is 10.2. The molecule has 0 saturated carbocycles. The Morgan fingerprint density at radius 1 is 1.17 bits per heavy atom. The summed E-state index contributed by atoms with van der Waals surface area (Å²) in [5.74, 6) is 0.216. The summed E-state index contributed by atoms with van der Waals surface area (Å²) in [6.07, 6.45) is 1.05. The number of rotatable bonds is 5. The quantitative estimate of drug-likeness (QED) is 0.745. The Bertz CT molecular complexity index is 960. The Kier molecular flexibility index (Phi) is 4.35.